The fraction of sp³-hybridized carbons (Fsp3) is 0.333. The Balaban J connectivity index is 2.33. The van der Waals surface area contributed by atoms with Crippen molar-refractivity contribution in [1.82, 2.24) is 4.31 Å². The summed E-state index contributed by atoms with van der Waals surface area (Å²) in [5.41, 5.74) is 5.51. The second-order valence-electron chi connectivity index (χ2n) is 3.66. The Labute approximate surface area is 97.8 Å². The molecule has 0 spiro atoms. The summed E-state index contributed by atoms with van der Waals surface area (Å²) in [6.07, 6.45) is 0. The highest BCUT2D eigenvalue weighted by Gasteiger charge is 2.34. The van der Waals surface area contributed by atoms with E-state index in [9.17, 15) is 12.8 Å². The van der Waals surface area contributed by atoms with E-state index in [1.807, 2.05) is 0 Å². The van der Waals surface area contributed by atoms with Gasteiger partial charge in [-0.2, -0.15) is 4.31 Å². The molecule has 0 atom stereocenters. The van der Waals surface area contributed by atoms with E-state index < -0.39 is 15.8 Å². The Hall–Kier alpha value is -0.690. The third kappa shape index (κ3) is 1.93. The first-order valence-electron chi connectivity index (χ1n) is 4.62. The first-order valence-corrected chi connectivity index (χ1v) is 6.44. The summed E-state index contributed by atoms with van der Waals surface area (Å²) in [5.74, 6) is -0.638. The van der Waals surface area contributed by atoms with Crippen molar-refractivity contribution < 1.29 is 12.8 Å². The van der Waals surface area contributed by atoms with Gasteiger partial charge in [0.25, 0.3) is 0 Å². The molecule has 0 aliphatic carbocycles. The van der Waals surface area contributed by atoms with E-state index in [0.29, 0.717) is 0 Å². The lowest BCUT2D eigenvalue weighted by Crippen LogP contribution is -2.57. The maximum absolute atomic E-state index is 12.9. The van der Waals surface area contributed by atoms with Gasteiger partial charge in [0.1, 0.15) is 5.82 Å². The molecule has 16 heavy (non-hydrogen) atoms. The van der Waals surface area contributed by atoms with Gasteiger partial charge in [0.05, 0.1) is 9.92 Å². The fourth-order valence-corrected chi connectivity index (χ4v) is 3.28. The molecule has 0 saturated carbocycles. The van der Waals surface area contributed by atoms with Crippen molar-refractivity contribution in [2.24, 2.45) is 5.73 Å². The van der Waals surface area contributed by atoms with Crippen LogP contribution in [0.2, 0.25) is 5.02 Å². The van der Waals surface area contributed by atoms with E-state index in [1.54, 1.807) is 0 Å². The molecule has 0 radical (unpaired) electrons. The van der Waals surface area contributed by atoms with Crippen molar-refractivity contribution >= 4 is 21.6 Å². The van der Waals surface area contributed by atoms with Crippen LogP contribution in [0.3, 0.4) is 0 Å². The maximum atomic E-state index is 12.9. The molecule has 1 aliphatic heterocycles. The second-order valence-corrected chi connectivity index (χ2v) is 6.00. The molecule has 4 nitrogen and oxygen atoms in total. The van der Waals surface area contributed by atoms with Crippen LogP contribution in [0, 0.1) is 5.82 Å². The Kier molecular flexibility index (Phi) is 2.91. The largest absolute Gasteiger partial charge is 0.325 e. The smallest absolute Gasteiger partial charge is 0.243 e. The first-order chi connectivity index (χ1) is 7.41. The van der Waals surface area contributed by atoms with Crippen LogP contribution >= 0.6 is 11.6 Å². The highest BCUT2D eigenvalue weighted by Crippen LogP contribution is 2.24. The molecule has 1 aliphatic rings. The number of nitrogens with two attached hydrogens (primary N) is 1. The SMILES string of the molecule is NC1CN(S(=O)(=O)c2ccc(F)c(Cl)c2)C1. The topological polar surface area (TPSA) is 63.4 Å². The standard InChI is InChI=1S/C9H10ClFN2O2S/c10-8-3-7(1-2-9(8)11)16(14,15)13-4-6(12)5-13/h1-3,6H,4-5,12H2. The molecular weight excluding hydrogens is 255 g/mol. The number of benzene rings is 1. The highest BCUT2D eigenvalue weighted by molar-refractivity contribution is 7.89. The lowest BCUT2D eigenvalue weighted by atomic mass is 10.2. The Bertz CT molecular complexity index is 514. The number of halogens is 2. The summed E-state index contributed by atoms with van der Waals surface area (Å²) in [5, 5.41) is -0.203. The van der Waals surface area contributed by atoms with Crippen LogP contribution in [0.1, 0.15) is 0 Å². The molecule has 1 aromatic carbocycles. The summed E-state index contributed by atoms with van der Waals surface area (Å²) < 4.78 is 37.9. The Morgan fingerprint density at radius 3 is 2.56 bits per heavy atom. The Morgan fingerprint density at radius 2 is 2.06 bits per heavy atom. The molecule has 0 unspecified atom stereocenters. The Morgan fingerprint density at radius 1 is 1.44 bits per heavy atom. The number of rotatable bonds is 2. The average Bonchev–Trinajstić information content (AvgIpc) is 2.17. The average molecular weight is 265 g/mol. The number of hydrogen-bond donors (Lipinski definition) is 1. The molecule has 1 aromatic rings. The van der Waals surface area contributed by atoms with Crippen molar-refractivity contribution in [2.75, 3.05) is 13.1 Å². The lowest BCUT2D eigenvalue weighted by Gasteiger charge is -2.35. The molecule has 1 saturated heterocycles. The third-order valence-electron chi connectivity index (χ3n) is 2.41. The van der Waals surface area contributed by atoms with Gasteiger partial charge in [0.2, 0.25) is 10.0 Å². The zero-order chi connectivity index (χ0) is 11.9. The molecule has 1 heterocycles. The van der Waals surface area contributed by atoms with Crippen LogP contribution in [-0.4, -0.2) is 31.9 Å². The van der Waals surface area contributed by atoms with Crippen LogP contribution in [-0.2, 0) is 10.0 Å². The van der Waals surface area contributed by atoms with E-state index >= 15 is 0 Å². The van der Waals surface area contributed by atoms with Gasteiger partial charge < -0.3 is 5.73 Å². The molecule has 2 rings (SSSR count). The van der Waals surface area contributed by atoms with Gasteiger partial charge in [-0.1, -0.05) is 11.6 Å². The summed E-state index contributed by atoms with van der Waals surface area (Å²) >= 11 is 5.53. The quantitative estimate of drug-likeness (QED) is 0.860. The predicted molar refractivity (Wildman–Crippen MR) is 58.1 cm³/mol. The second kappa shape index (κ2) is 3.96. The summed E-state index contributed by atoms with van der Waals surface area (Å²) in [7, 11) is -3.57. The van der Waals surface area contributed by atoms with Crippen LogP contribution in [0.15, 0.2) is 23.1 Å². The number of hydrogen-bond acceptors (Lipinski definition) is 3. The van der Waals surface area contributed by atoms with Crippen LogP contribution in [0.5, 0.6) is 0 Å². The zero-order valence-electron chi connectivity index (χ0n) is 8.23. The van der Waals surface area contributed by atoms with E-state index in [2.05, 4.69) is 0 Å². The minimum atomic E-state index is -3.57. The molecule has 88 valence electrons. The minimum Gasteiger partial charge on any atom is -0.325 e. The van der Waals surface area contributed by atoms with Crippen molar-refractivity contribution in [2.45, 2.75) is 10.9 Å². The van der Waals surface area contributed by atoms with Gasteiger partial charge in [-0.05, 0) is 18.2 Å². The summed E-state index contributed by atoms with van der Waals surface area (Å²) in [6, 6.07) is 3.22. The highest BCUT2D eigenvalue weighted by atomic mass is 35.5. The molecule has 2 N–H and O–H groups in total. The molecule has 0 amide bonds. The van der Waals surface area contributed by atoms with Gasteiger partial charge in [-0.25, -0.2) is 12.8 Å². The number of sulfonamides is 1. The normalized spacial score (nSPS) is 18.4. The van der Waals surface area contributed by atoms with Crippen molar-refractivity contribution in [3.8, 4) is 0 Å². The zero-order valence-corrected chi connectivity index (χ0v) is 9.80. The summed E-state index contributed by atoms with van der Waals surface area (Å²) in [4.78, 5) is -0.00852. The minimum absolute atomic E-state index is 0.00852. The molecule has 0 aromatic heterocycles. The van der Waals surface area contributed by atoms with Gasteiger partial charge in [-0.3, -0.25) is 0 Å². The van der Waals surface area contributed by atoms with E-state index in [4.69, 9.17) is 17.3 Å². The van der Waals surface area contributed by atoms with Crippen LogP contribution < -0.4 is 5.73 Å². The van der Waals surface area contributed by atoms with E-state index in [-0.39, 0.29) is 29.0 Å². The van der Waals surface area contributed by atoms with Crippen molar-refractivity contribution in [3.63, 3.8) is 0 Å². The van der Waals surface area contributed by atoms with Crippen molar-refractivity contribution in [3.05, 3.63) is 29.0 Å². The lowest BCUT2D eigenvalue weighted by molar-refractivity contribution is 0.265. The van der Waals surface area contributed by atoms with Gasteiger partial charge in [-0.15, -0.1) is 0 Å². The van der Waals surface area contributed by atoms with Gasteiger partial charge >= 0.3 is 0 Å². The molecular formula is C9H10ClFN2O2S. The molecule has 1 fully saturated rings. The molecule has 7 heteroatoms. The third-order valence-corrected chi connectivity index (χ3v) is 4.52. The van der Waals surface area contributed by atoms with Crippen molar-refractivity contribution in [1.29, 1.82) is 0 Å². The first kappa shape index (κ1) is 11.8. The monoisotopic (exact) mass is 264 g/mol. The summed E-state index contributed by atoms with van der Waals surface area (Å²) in [6.45, 7) is 0.578. The fourth-order valence-electron chi connectivity index (χ4n) is 1.45. The predicted octanol–water partition coefficient (Wildman–Crippen LogP) is 0.811. The van der Waals surface area contributed by atoms with E-state index in [0.717, 1.165) is 12.1 Å². The van der Waals surface area contributed by atoms with Crippen LogP contribution in [0.4, 0.5) is 4.39 Å². The van der Waals surface area contributed by atoms with Gasteiger partial charge in [0.15, 0.2) is 0 Å². The van der Waals surface area contributed by atoms with E-state index in [1.165, 1.54) is 10.4 Å². The maximum Gasteiger partial charge on any atom is 0.243 e. The molecule has 0 bridgehead atoms. The van der Waals surface area contributed by atoms with Crippen LogP contribution in [0.25, 0.3) is 0 Å². The number of nitrogens with zero attached hydrogens (tertiary/aromatic N) is 1. The van der Waals surface area contributed by atoms with Gasteiger partial charge in [0, 0.05) is 19.1 Å².